The van der Waals surface area contributed by atoms with Crippen molar-refractivity contribution in [2.45, 2.75) is 58.6 Å². The van der Waals surface area contributed by atoms with Crippen LogP contribution in [0.4, 0.5) is 0 Å². The van der Waals surface area contributed by atoms with Crippen molar-refractivity contribution in [3.63, 3.8) is 0 Å². The van der Waals surface area contributed by atoms with E-state index in [0.29, 0.717) is 6.61 Å². The molecular weight excluding hydrogens is 502 g/mol. The molecule has 0 unspecified atom stereocenters. The van der Waals surface area contributed by atoms with Gasteiger partial charge in [-0.2, -0.15) is 0 Å². The lowest BCUT2D eigenvalue weighted by Gasteiger charge is -2.13. The number of hydrogen-bond acceptors (Lipinski definition) is 2. The van der Waals surface area contributed by atoms with Gasteiger partial charge in [0.2, 0.25) is 0 Å². The summed E-state index contributed by atoms with van der Waals surface area (Å²) in [7, 11) is 0. The van der Waals surface area contributed by atoms with Gasteiger partial charge in [-0.05, 0) is 103 Å². The van der Waals surface area contributed by atoms with Gasteiger partial charge in [0.05, 0.1) is 6.61 Å². The molecule has 0 saturated carbocycles. The minimum Gasteiger partial charge on any atom is -0.494 e. The van der Waals surface area contributed by atoms with Crippen LogP contribution in [0.15, 0.2) is 121 Å². The van der Waals surface area contributed by atoms with Gasteiger partial charge in [0.15, 0.2) is 0 Å². The number of benzene rings is 4. The first-order chi connectivity index (χ1) is 20.2. The quantitative estimate of drug-likeness (QED) is 0.123. The zero-order chi connectivity index (χ0) is 28.1. The topological polar surface area (TPSA) is 23.4 Å². The summed E-state index contributed by atoms with van der Waals surface area (Å²) >= 11 is 0. The van der Waals surface area contributed by atoms with Gasteiger partial charge in [-0.1, -0.05) is 85.6 Å². The SMILES string of the molecule is Cc1ccc(-c2ccc(OCc3ccccc3)cc2)n1CCc1ccc(OCCCCCCc2ccccc2)cc1. The van der Waals surface area contributed by atoms with Crippen molar-refractivity contribution in [1.82, 2.24) is 4.57 Å². The molecule has 0 aliphatic rings. The molecule has 1 aromatic heterocycles. The molecule has 1 heterocycles. The summed E-state index contributed by atoms with van der Waals surface area (Å²) in [6.07, 6.45) is 6.96. The van der Waals surface area contributed by atoms with Crippen LogP contribution in [-0.2, 0) is 26.0 Å². The average molecular weight is 544 g/mol. The molecule has 0 saturated heterocycles. The van der Waals surface area contributed by atoms with Crippen LogP contribution in [0.25, 0.3) is 11.3 Å². The van der Waals surface area contributed by atoms with E-state index in [0.717, 1.165) is 37.5 Å². The first kappa shape index (κ1) is 28.3. The zero-order valence-corrected chi connectivity index (χ0v) is 24.2. The van der Waals surface area contributed by atoms with E-state index in [9.17, 15) is 0 Å². The van der Waals surface area contributed by atoms with Crippen LogP contribution in [0.1, 0.15) is 48.1 Å². The van der Waals surface area contributed by atoms with Crippen molar-refractivity contribution in [1.29, 1.82) is 0 Å². The van der Waals surface area contributed by atoms with Gasteiger partial charge >= 0.3 is 0 Å². The molecule has 0 atom stereocenters. The molecule has 3 nitrogen and oxygen atoms in total. The Bertz CT molecular complexity index is 1440. The second-order valence-electron chi connectivity index (χ2n) is 10.7. The normalized spacial score (nSPS) is 11.0. The van der Waals surface area contributed by atoms with Crippen LogP contribution in [-0.4, -0.2) is 11.2 Å². The molecule has 0 aliphatic carbocycles. The van der Waals surface area contributed by atoms with Crippen LogP contribution in [0.3, 0.4) is 0 Å². The van der Waals surface area contributed by atoms with Gasteiger partial charge in [-0.15, -0.1) is 0 Å². The van der Waals surface area contributed by atoms with Crippen molar-refractivity contribution < 1.29 is 9.47 Å². The Morgan fingerprint density at radius 3 is 1.85 bits per heavy atom. The molecule has 0 fully saturated rings. The maximum Gasteiger partial charge on any atom is 0.119 e. The van der Waals surface area contributed by atoms with E-state index in [1.165, 1.54) is 59.3 Å². The summed E-state index contributed by atoms with van der Waals surface area (Å²) < 4.78 is 14.4. The monoisotopic (exact) mass is 543 g/mol. The van der Waals surface area contributed by atoms with Crippen molar-refractivity contribution in [2.24, 2.45) is 0 Å². The maximum absolute atomic E-state index is 6.01. The van der Waals surface area contributed by atoms with E-state index in [1.807, 2.05) is 18.2 Å². The molecule has 0 spiro atoms. The van der Waals surface area contributed by atoms with Crippen molar-refractivity contribution in [3.05, 3.63) is 144 Å². The van der Waals surface area contributed by atoms with Gasteiger partial charge in [-0.25, -0.2) is 0 Å². The molecule has 0 radical (unpaired) electrons. The largest absolute Gasteiger partial charge is 0.494 e. The third kappa shape index (κ3) is 8.62. The van der Waals surface area contributed by atoms with Gasteiger partial charge in [0.25, 0.3) is 0 Å². The van der Waals surface area contributed by atoms with Crippen LogP contribution in [0.5, 0.6) is 11.5 Å². The Balaban J connectivity index is 1.05. The van der Waals surface area contributed by atoms with Crippen LogP contribution >= 0.6 is 0 Å². The molecule has 5 rings (SSSR count). The molecule has 0 amide bonds. The molecule has 41 heavy (non-hydrogen) atoms. The third-order valence-corrected chi connectivity index (χ3v) is 7.62. The van der Waals surface area contributed by atoms with Crippen molar-refractivity contribution in [2.75, 3.05) is 6.61 Å². The average Bonchev–Trinajstić information content (AvgIpc) is 3.40. The lowest BCUT2D eigenvalue weighted by molar-refractivity contribution is 0.304. The Labute approximate surface area is 245 Å². The second-order valence-corrected chi connectivity index (χ2v) is 10.7. The molecule has 0 bridgehead atoms. The summed E-state index contributed by atoms with van der Waals surface area (Å²) in [5.74, 6) is 1.85. The number of nitrogens with zero attached hydrogens (tertiary/aromatic N) is 1. The Kier molecular flexibility index (Phi) is 10.3. The van der Waals surface area contributed by atoms with Gasteiger partial charge in [-0.3, -0.25) is 0 Å². The molecule has 5 aromatic rings. The maximum atomic E-state index is 6.01. The van der Waals surface area contributed by atoms with Crippen molar-refractivity contribution >= 4 is 0 Å². The van der Waals surface area contributed by atoms with E-state index >= 15 is 0 Å². The molecular formula is C38H41NO2. The summed E-state index contributed by atoms with van der Waals surface area (Å²) in [5, 5.41) is 0. The summed E-state index contributed by atoms with van der Waals surface area (Å²) in [5.41, 5.74) is 7.64. The van der Waals surface area contributed by atoms with E-state index in [-0.39, 0.29) is 0 Å². The zero-order valence-electron chi connectivity index (χ0n) is 24.2. The number of aromatic nitrogens is 1. The number of ether oxygens (including phenoxy) is 2. The van der Waals surface area contributed by atoms with E-state index in [4.69, 9.17) is 9.47 Å². The molecule has 3 heteroatoms. The predicted octanol–water partition coefficient (Wildman–Crippen LogP) is 9.47. The summed E-state index contributed by atoms with van der Waals surface area (Å²) in [4.78, 5) is 0. The van der Waals surface area contributed by atoms with Crippen molar-refractivity contribution in [3.8, 4) is 22.8 Å². The smallest absolute Gasteiger partial charge is 0.119 e. The van der Waals surface area contributed by atoms with Gasteiger partial charge < -0.3 is 14.0 Å². The summed E-state index contributed by atoms with van der Waals surface area (Å²) in [6, 6.07) is 42.5. The molecule has 0 N–H and O–H groups in total. The minimum absolute atomic E-state index is 0.578. The second kappa shape index (κ2) is 14.9. The highest BCUT2D eigenvalue weighted by Gasteiger charge is 2.09. The van der Waals surface area contributed by atoms with Gasteiger partial charge in [0.1, 0.15) is 18.1 Å². The highest BCUT2D eigenvalue weighted by molar-refractivity contribution is 5.62. The number of aryl methyl sites for hydroxylation is 3. The van der Waals surface area contributed by atoms with Gasteiger partial charge in [0, 0.05) is 17.9 Å². The van der Waals surface area contributed by atoms with Crippen LogP contribution < -0.4 is 9.47 Å². The Morgan fingerprint density at radius 2 is 1.12 bits per heavy atom. The fourth-order valence-corrected chi connectivity index (χ4v) is 5.19. The standard InChI is InChI=1S/C38H41NO2/c1-31-17-26-38(35-20-24-37(25-21-35)41-30-34-15-9-5-10-16-34)39(31)28-27-33-18-22-36(23-19-33)40-29-11-3-2-6-12-32-13-7-4-8-14-32/h4-5,7-10,13-26H,2-3,6,11-12,27-30H2,1H3. The van der Waals surface area contributed by atoms with E-state index < -0.39 is 0 Å². The van der Waals surface area contributed by atoms with E-state index in [1.54, 1.807) is 0 Å². The Hall–Kier alpha value is -4.24. The van der Waals surface area contributed by atoms with Crippen LogP contribution in [0.2, 0.25) is 0 Å². The molecule has 0 aliphatic heterocycles. The molecule has 4 aromatic carbocycles. The fourth-order valence-electron chi connectivity index (χ4n) is 5.19. The summed E-state index contributed by atoms with van der Waals surface area (Å²) in [6.45, 7) is 4.48. The fraction of sp³-hybridized carbons (Fsp3) is 0.263. The predicted molar refractivity (Wildman–Crippen MR) is 170 cm³/mol. The molecule has 210 valence electrons. The number of rotatable bonds is 15. The Morgan fingerprint density at radius 1 is 0.512 bits per heavy atom. The van der Waals surface area contributed by atoms with E-state index in [2.05, 4.69) is 115 Å². The number of unbranched alkanes of at least 4 members (excludes halogenated alkanes) is 3. The highest BCUT2D eigenvalue weighted by Crippen LogP contribution is 2.26. The van der Waals surface area contributed by atoms with Crippen LogP contribution in [0, 0.1) is 6.92 Å². The lowest BCUT2D eigenvalue weighted by atomic mass is 10.1. The number of hydrogen-bond donors (Lipinski definition) is 0. The minimum atomic E-state index is 0.578. The third-order valence-electron chi connectivity index (χ3n) is 7.62. The highest BCUT2D eigenvalue weighted by atomic mass is 16.5. The lowest BCUT2D eigenvalue weighted by Crippen LogP contribution is -2.05. The first-order valence-corrected chi connectivity index (χ1v) is 14.9. The first-order valence-electron chi connectivity index (χ1n) is 14.9.